The maximum Gasteiger partial charge on any atom is 0.223 e. The van der Waals surface area contributed by atoms with E-state index in [0.717, 1.165) is 32.2 Å². The highest BCUT2D eigenvalue weighted by atomic mass is 19.1. The van der Waals surface area contributed by atoms with E-state index in [-0.39, 0.29) is 11.7 Å². The van der Waals surface area contributed by atoms with Crippen molar-refractivity contribution in [1.29, 1.82) is 0 Å². The summed E-state index contributed by atoms with van der Waals surface area (Å²) in [6.07, 6.45) is 4.25. The maximum absolute atomic E-state index is 13.8. The summed E-state index contributed by atoms with van der Waals surface area (Å²) in [5.41, 5.74) is 0.356. The highest BCUT2D eigenvalue weighted by Gasteiger charge is 2.22. The van der Waals surface area contributed by atoms with E-state index in [2.05, 4.69) is 4.90 Å². The fraction of sp³-hybridized carbons (Fsp3) is 0.632. The molecule has 1 amide bonds. The van der Waals surface area contributed by atoms with E-state index in [1.165, 1.54) is 31.4 Å². The van der Waals surface area contributed by atoms with Gasteiger partial charge in [0.25, 0.3) is 0 Å². The summed E-state index contributed by atoms with van der Waals surface area (Å²) in [6.45, 7) is 6.25. The van der Waals surface area contributed by atoms with E-state index in [9.17, 15) is 13.6 Å². The quantitative estimate of drug-likeness (QED) is 0.815. The monoisotopic (exact) mass is 351 g/mol. The number of piperidine rings is 1. The van der Waals surface area contributed by atoms with Crippen LogP contribution in [0.25, 0.3) is 0 Å². The number of carbonyl (C=O) groups excluding carboxylic acids is 1. The van der Waals surface area contributed by atoms with Gasteiger partial charge in [-0.1, -0.05) is 6.42 Å². The molecule has 0 aliphatic carbocycles. The van der Waals surface area contributed by atoms with Crippen LogP contribution in [-0.2, 0) is 11.3 Å². The second-order valence-electron chi connectivity index (χ2n) is 7.04. The topological polar surface area (TPSA) is 26.8 Å². The summed E-state index contributed by atoms with van der Waals surface area (Å²) in [7, 11) is 0. The van der Waals surface area contributed by atoms with E-state index in [1.807, 2.05) is 9.80 Å². The predicted molar refractivity (Wildman–Crippen MR) is 93.1 cm³/mol. The van der Waals surface area contributed by atoms with E-state index >= 15 is 0 Å². The first-order valence-corrected chi connectivity index (χ1v) is 9.28. The van der Waals surface area contributed by atoms with Crippen LogP contribution in [0.1, 0.15) is 31.2 Å². The van der Waals surface area contributed by atoms with Crippen molar-refractivity contribution in [2.24, 2.45) is 0 Å². The van der Waals surface area contributed by atoms with Crippen molar-refractivity contribution in [2.45, 2.75) is 32.2 Å². The standard InChI is InChI=1S/C19H27F2N3O/c20-17-4-5-18(21)16(14-17)15-23-9-6-19(25)24(13-11-23)12-10-22-7-2-1-3-8-22/h4-5,14H,1-3,6-13,15H2. The molecule has 6 heteroatoms. The largest absolute Gasteiger partial charge is 0.340 e. The van der Waals surface area contributed by atoms with Crippen LogP contribution in [0.4, 0.5) is 8.78 Å². The van der Waals surface area contributed by atoms with Gasteiger partial charge in [-0.15, -0.1) is 0 Å². The van der Waals surface area contributed by atoms with Gasteiger partial charge in [-0.2, -0.15) is 0 Å². The molecule has 2 saturated heterocycles. The Kier molecular flexibility index (Phi) is 6.37. The Morgan fingerprint density at radius 2 is 1.68 bits per heavy atom. The number of nitrogens with zero attached hydrogens (tertiary/aromatic N) is 3. The zero-order chi connectivity index (χ0) is 17.6. The third kappa shape index (κ3) is 5.22. The normalized spacial score (nSPS) is 20.7. The first-order chi connectivity index (χ1) is 12.1. The Bertz CT molecular complexity index is 590. The molecule has 1 aromatic rings. The van der Waals surface area contributed by atoms with Crippen molar-refractivity contribution in [3.05, 3.63) is 35.4 Å². The zero-order valence-electron chi connectivity index (χ0n) is 14.7. The van der Waals surface area contributed by atoms with Crippen LogP contribution >= 0.6 is 0 Å². The third-order valence-corrected chi connectivity index (χ3v) is 5.22. The number of benzene rings is 1. The molecule has 0 radical (unpaired) electrons. The number of amides is 1. The molecule has 2 fully saturated rings. The van der Waals surface area contributed by atoms with Gasteiger partial charge in [-0.25, -0.2) is 8.78 Å². The van der Waals surface area contributed by atoms with Crippen LogP contribution in [-0.4, -0.2) is 66.4 Å². The van der Waals surface area contributed by atoms with Gasteiger partial charge in [0.1, 0.15) is 11.6 Å². The predicted octanol–water partition coefficient (Wildman–Crippen LogP) is 2.49. The maximum atomic E-state index is 13.8. The number of rotatable bonds is 5. The second-order valence-corrected chi connectivity index (χ2v) is 7.04. The molecule has 25 heavy (non-hydrogen) atoms. The Balaban J connectivity index is 1.51. The Morgan fingerprint density at radius 3 is 2.48 bits per heavy atom. The first kappa shape index (κ1) is 18.3. The highest BCUT2D eigenvalue weighted by molar-refractivity contribution is 5.76. The van der Waals surface area contributed by atoms with Gasteiger partial charge in [-0.3, -0.25) is 9.69 Å². The average Bonchev–Trinajstić information content (AvgIpc) is 2.79. The lowest BCUT2D eigenvalue weighted by molar-refractivity contribution is -0.130. The molecule has 0 unspecified atom stereocenters. The van der Waals surface area contributed by atoms with Crippen molar-refractivity contribution < 1.29 is 13.6 Å². The first-order valence-electron chi connectivity index (χ1n) is 9.28. The number of carbonyl (C=O) groups is 1. The van der Waals surface area contributed by atoms with Crippen LogP contribution in [0.3, 0.4) is 0 Å². The molecule has 0 saturated carbocycles. The minimum atomic E-state index is -0.426. The van der Waals surface area contributed by atoms with Crippen molar-refractivity contribution in [3.8, 4) is 0 Å². The molecular formula is C19H27F2N3O. The molecule has 0 bridgehead atoms. The van der Waals surface area contributed by atoms with Crippen LogP contribution < -0.4 is 0 Å². The van der Waals surface area contributed by atoms with Crippen molar-refractivity contribution in [2.75, 3.05) is 45.8 Å². The van der Waals surface area contributed by atoms with Crippen molar-refractivity contribution >= 4 is 5.91 Å². The third-order valence-electron chi connectivity index (χ3n) is 5.22. The number of halogens is 2. The summed E-state index contributed by atoms with van der Waals surface area (Å²) in [5, 5.41) is 0. The molecule has 1 aromatic carbocycles. The van der Waals surface area contributed by atoms with Gasteiger partial charge in [0.2, 0.25) is 5.91 Å². The van der Waals surface area contributed by atoms with Crippen LogP contribution in [0.15, 0.2) is 18.2 Å². The Hall–Kier alpha value is -1.53. The Morgan fingerprint density at radius 1 is 0.880 bits per heavy atom. The lowest BCUT2D eigenvalue weighted by Crippen LogP contribution is -2.41. The van der Waals surface area contributed by atoms with E-state index in [0.29, 0.717) is 38.2 Å². The fourth-order valence-corrected chi connectivity index (χ4v) is 3.66. The summed E-state index contributed by atoms with van der Waals surface area (Å²) in [6, 6.07) is 3.54. The van der Waals surface area contributed by atoms with Crippen molar-refractivity contribution in [3.63, 3.8) is 0 Å². The van der Waals surface area contributed by atoms with Crippen LogP contribution in [0.5, 0.6) is 0 Å². The van der Waals surface area contributed by atoms with Gasteiger partial charge >= 0.3 is 0 Å². The Labute approximate surface area is 148 Å². The minimum Gasteiger partial charge on any atom is -0.340 e. The molecule has 2 heterocycles. The smallest absolute Gasteiger partial charge is 0.223 e. The van der Waals surface area contributed by atoms with Gasteiger partial charge in [-0.05, 0) is 44.1 Å². The second kappa shape index (κ2) is 8.72. The fourth-order valence-electron chi connectivity index (χ4n) is 3.66. The van der Waals surface area contributed by atoms with E-state index in [1.54, 1.807) is 0 Å². The van der Waals surface area contributed by atoms with Crippen LogP contribution in [0.2, 0.25) is 0 Å². The molecule has 2 aliphatic rings. The number of hydrogen-bond acceptors (Lipinski definition) is 3. The summed E-state index contributed by atoms with van der Waals surface area (Å²) in [5.74, 6) is -0.649. The molecule has 0 N–H and O–H groups in total. The lowest BCUT2D eigenvalue weighted by Gasteiger charge is -2.29. The number of hydrogen-bond donors (Lipinski definition) is 0. The van der Waals surface area contributed by atoms with Gasteiger partial charge in [0.15, 0.2) is 0 Å². The number of likely N-dealkylation sites (tertiary alicyclic amines) is 1. The molecule has 0 spiro atoms. The molecule has 0 aromatic heterocycles. The molecule has 4 nitrogen and oxygen atoms in total. The van der Waals surface area contributed by atoms with E-state index < -0.39 is 5.82 Å². The van der Waals surface area contributed by atoms with E-state index in [4.69, 9.17) is 0 Å². The van der Waals surface area contributed by atoms with Crippen molar-refractivity contribution in [1.82, 2.24) is 14.7 Å². The summed E-state index contributed by atoms with van der Waals surface area (Å²) < 4.78 is 27.2. The molecular weight excluding hydrogens is 324 g/mol. The molecule has 3 rings (SSSR count). The average molecular weight is 351 g/mol. The van der Waals surface area contributed by atoms with Gasteiger partial charge in [0, 0.05) is 51.3 Å². The highest BCUT2D eigenvalue weighted by Crippen LogP contribution is 2.15. The SMILES string of the molecule is O=C1CCN(Cc2cc(F)ccc2F)CCN1CCN1CCCCC1. The summed E-state index contributed by atoms with van der Waals surface area (Å²) in [4.78, 5) is 18.8. The minimum absolute atomic E-state index is 0.166. The lowest BCUT2D eigenvalue weighted by atomic mass is 10.1. The zero-order valence-corrected chi connectivity index (χ0v) is 14.7. The van der Waals surface area contributed by atoms with Gasteiger partial charge < -0.3 is 9.80 Å². The van der Waals surface area contributed by atoms with Gasteiger partial charge in [0.05, 0.1) is 0 Å². The molecule has 138 valence electrons. The summed E-state index contributed by atoms with van der Waals surface area (Å²) >= 11 is 0. The van der Waals surface area contributed by atoms with Crippen LogP contribution in [0, 0.1) is 11.6 Å². The molecule has 0 atom stereocenters. The molecule has 2 aliphatic heterocycles.